The zero-order chi connectivity index (χ0) is 11.5. The quantitative estimate of drug-likeness (QED) is 0.771. The van der Waals surface area contributed by atoms with Gasteiger partial charge in [-0.3, -0.25) is 9.78 Å². The molecule has 1 amide bonds. The van der Waals surface area contributed by atoms with Crippen LogP contribution in [0.15, 0.2) is 18.5 Å². The lowest BCUT2D eigenvalue weighted by Gasteiger charge is -2.04. The lowest BCUT2D eigenvalue weighted by molar-refractivity contribution is -0.118. The Morgan fingerprint density at radius 2 is 2.31 bits per heavy atom. The van der Waals surface area contributed by atoms with Crippen LogP contribution in [-0.2, 0) is 11.3 Å². The first kappa shape index (κ1) is 10.4. The Kier molecular flexibility index (Phi) is 2.72. The highest BCUT2D eigenvalue weighted by atomic mass is 16.1. The Morgan fingerprint density at radius 1 is 1.50 bits per heavy atom. The average molecular weight is 219 g/mol. The summed E-state index contributed by atoms with van der Waals surface area (Å²) in [7, 11) is 0. The summed E-state index contributed by atoms with van der Waals surface area (Å²) in [4.78, 5) is 18.8. The van der Waals surface area contributed by atoms with E-state index in [0.717, 1.165) is 11.0 Å². The topological polar surface area (TPSA) is 99.8 Å². The Hall–Kier alpha value is -2.11. The Balaban J connectivity index is 2.22. The molecule has 0 spiro atoms. The third kappa shape index (κ3) is 1.95. The van der Waals surface area contributed by atoms with Gasteiger partial charge in [0.15, 0.2) is 0 Å². The van der Waals surface area contributed by atoms with Crippen molar-refractivity contribution in [3.8, 4) is 0 Å². The average Bonchev–Trinajstić information content (AvgIpc) is 2.55. The van der Waals surface area contributed by atoms with Gasteiger partial charge >= 0.3 is 0 Å². The molecule has 0 saturated heterocycles. The molecule has 2 rings (SSSR count). The normalized spacial score (nSPS) is 10.8. The summed E-state index contributed by atoms with van der Waals surface area (Å²) in [5, 5.41) is 0. The monoisotopic (exact) mass is 219 g/mol. The van der Waals surface area contributed by atoms with Crippen LogP contribution < -0.4 is 11.5 Å². The van der Waals surface area contributed by atoms with Crippen molar-refractivity contribution >= 4 is 22.9 Å². The van der Waals surface area contributed by atoms with E-state index in [1.165, 1.54) is 0 Å². The summed E-state index contributed by atoms with van der Waals surface area (Å²) in [6.07, 6.45) is 4.36. The van der Waals surface area contributed by atoms with E-state index in [2.05, 4.69) is 9.97 Å². The molecule has 0 aromatic carbocycles. The number of pyridine rings is 1. The van der Waals surface area contributed by atoms with Crippen LogP contribution in [-0.4, -0.2) is 20.4 Å². The molecular formula is C10H13N5O. The van der Waals surface area contributed by atoms with Gasteiger partial charge < -0.3 is 16.0 Å². The number of hydrogen-bond donors (Lipinski definition) is 2. The number of anilines is 1. The summed E-state index contributed by atoms with van der Waals surface area (Å²) >= 11 is 0. The first-order valence-corrected chi connectivity index (χ1v) is 5.02. The molecule has 6 nitrogen and oxygen atoms in total. The third-order valence-electron chi connectivity index (χ3n) is 2.38. The number of nitrogens with zero attached hydrogens (tertiary/aromatic N) is 3. The van der Waals surface area contributed by atoms with Crippen LogP contribution in [0.2, 0.25) is 0 Å². The van der Waals surface area contributed by atoms with Gasteiger partial charge in [-0.15, -0.1) is 0 Å². The van der Waals surface area contributed by atoms with Crippen LogP contribution >= 0.6 is 0 Å². The Labute approximate surface area is 92.3 Å². The SMILES string of the molecule is NC(=O)CCCn1c(N)nc2cnccc21. The van der Waals surface area contributed by atoms with Gasteiger partial charge in [-0.25, -0.2) is 4.98 Å². The van der Waals surface area contributed by atoms with E-state index in [4.69, 9.17) is 11.5 Å². The molecule has 0 aliphatic rings. The largest absolute Gasteiger partial charge is 0.370 e. The van der Waals surface area contributed by atoms with E-state index >= 15 is 0 Å². The predicted octanol–water partition coefficient (Wildman–Crippen LogP) is 0.279. The number of amides is 1. The number of imidazole rings is 1. The van der Waals surface area contributed by atoms with Crippen LogP contribution in [0.25, 0.3) is 11.0 Å². The minimum absolute atomic E-state index is 0.301. The van der Waals surface area contributed by atoms with E-state index in [1.807, 2.05) is 10.6 Å². The van der Waals surface area contributed by atoms with Crippen molar-refractivity contribution in [1.29, 1.82) is 0 Å². The first-order chi connectivity index (χ1) is 7.68. The maximum absolute atomic E-state index is 10.6. The van der Waals surface area contributed by atoms with Crippen molar-refractivity contribution in [2.24, 2.45) is 5.73 Å². The predicted molar refractivity (Wildman–Crippen MR) is 60.4 cm³/mol. The molecule has 0 unspecified atom stereocenters. The maximum Gasteiger partial charge on any atom is 0.217 e. The van der Waals surface area contributed by atoms with Gasteiger partial charge in [0.25, 0.3) is 0 Å². The standard InChI is InChI=1S/C10H13N5O/c11-9(16)2-1-5-15-8-3-4-13-6-7(8)14-10(15)12/h3-4,6H,1-2,5H2,(H2,11,16)(H2,12,14). The number of rotatable bonds is 4. The molecule has 0 atom stereocenters. The first-order valence-electron chi connectivity index (χ1n) is 5.02. The summed E-state index contributed by atoms with van der Waals surface area (Å²) in [5.41, 5.74) is 12.5. The molecule has 0 aliphatic carbocycles. The van der Waals surface area contributed by atoms with Crippen molar-refractivity contribution in [3.63, 3.8) is 0 Å². The molecule has 84 valence electrons. The van der Waals surface area contributed by atoms with Crippen LogP contribution in [0, 0.1) is 0 Å². The molecule has 16 heavy (non-hydrogen) atoms. The lowest BCUT2D eigenvalue weighted by atomic mass is 10.3. The van der Waals surface area contributed by atoms with Crippen LogP contribution in [0.5, 0.6) is 0 Å². The number of aryl methyl sites for hydroxylation is 1. The molecule has 2 aromatic rings. The molecule has 4 N–H and O–H groups in total. The number of aromatic nitrogens is 3. The summed E-state index contributed by atoms with van der Waals surface area (Å²) in [5.74, 6) is 0.136. The highest BCUT2D eigenvalue weighted by molar-refractivity contribution is 5.77. The molecule has 2 aromatic heterocycles. The van der Waals surface area contributed by atoms with Crippen molar-refractivity contribution < 1.29 is 4.79 Å². The van der Waals surface area contributed by atoms with Gasteiger partial charge in [0, 0.05) is 19.2 Å². The molecule has 2 heterocycles. The molecule has 0 bridgehead atoms. The number of nitrogens with two attached hydrogens (primary N) is 2. The van der Waals surface area contributed by atoms with Crippen LogP contribution in [0.4, 0.5) is 5.95 Å². The van der Waals surface area contributed by atoms with Gasteiger partial charge in [-0.2, -0.15) is 0 Å². The highest BCUT2D eigenvalue weighted by Gasteiger charge is 2.07. The van der Waals surface area contributed by atoms with E-state index in [9.17, 15) is 4.79 Å². The van der Waals surface area contributed by atoms with Crippen molar-refractivity contribution in [3.05, 3.63) is 18.5 Å². The zero-order valence-corrected chi connectivity index (χ0v) is 8.76. The van der Waals surface area contributed by atoms with Gasteiger partial charge in [0.1, 0.15) is 5.52 Å². The fraction of sp³-hybridized carbons (Fsp3) is 0.300. The molecule has 0 aliphatic heterocycles. The summed E-state index contributed by atoms with van der Waals surface area (Å²) in [6.45, 7) is 0.634. The Morgan fingerprint density at radius 3 is 3.06 bits per heavy atom. The molecule has 0 saturated carbocycles. The van der Waals surface area contributed by atoms with Crippen LogP contribution in [0.3, 0.4) is 0 Å². The number of carbonyl (C=O) groups is 1. The zero-order valence-electron chi connectivity index (χ0n) is 8.76. The van der Waals surface area contributed by atoms with Gasteiger partial charge in [-0.05, 0) is 12.5 Å². The smallest absolute Gasteiger partial charge is 0.217 e. The maximum atomic E-state index is 10.6. The second-order valence-corrected chi connectivity index (χ2v) is 3.56. The third-order valence-corrected chi connectivity index (χ3v) is 2.38. The van der Waals surface area contributed by atoms with E-state index in [0.29, 0.717) is 25.3 Å². The number of primary amides is 1. The van der Waals surface area contributed by atoms with Crippen LogP contribution in [0.1, 0.15) is 12.8 Å². The molecule has 0 fully saturated rings. The second kappa shape index (κ2) is 4.18. The fourth-order valence-corrected chi connectivity index (χ4v) is 1.65. The van der Waals surface area contributed by atoms with Gasteiger partial charge in [-0.1, -0.05) is 0 Å². The minimum atomic E-state index is -0.301. The number of carbonyl (C=O) groups excluding carboxylic acids is 1. The van der Waals surface area contributed by atoms with Crippen molar-refractivity contribution in [2.75, 3.05) is 5.73 Å². The van der Waals surface area contributed by atoms with E-state index < -0.39 is 0 Å². The summed E-state index contributed by atoms with van der Waals surface area (Å²) in [6, 6.07) is 1.85. The second-order valence-electron chi connectivity index (χ2n) is 3.56. The molecular weight excluding hydrogens is 206 g/mol. The minimum Gasteiger partial charge on any atom is -0.370 e. The van der Waals surface area contributed by atoms with Gasteiger partial charge in [0.05, 0.1) is 11.7 Å². The number of fused-ring (bicyclic) bond motifs is 1. The fourth-order valence-electron chi connectivity index (χ4n) is 1.65. The summed E-state index contributed by atoms with van der Waals surface area (Å²) < 4.78 is 1.86. The molecule has 0 radical (unpaired) electrons. The highest BCUT2D eigenvalue weighted by Crippen LogP contribution is 2.16. The van der Waals surface area contributed by atoms with Crippen molar-refractivity contribution in [2.45, 2.75) is 19.4 Å². The van der Waals surface area contributed by atoms with Crippen molar-refractivity contribution in [1.82, 2.24) is 14.5 Å². The Bertz CT molecular complexity index is 519. The lowest BCUT2D eigenvalue weighted by Crippen LogP contribution is -2.12. The number of nitrogen functional groups attached to an aromatic ring is 1. The van der Waals surface area contributed by atoms with E-state index in [-0.39, 0.29) is 5.91 Å². The van der Waals surface area contributed by atoms with Gasteiger partial charge in [0.2, 0.25) is 11.9 Å². The van der Waals surface area contributed by atoms with E-state index in [1.54, 1.807) is 12.4 Å². The number of hydrogen-bond acceptors (Lipinski definition) is 4. The molecule has 6 heteroatoms.